The molecule has 3 aliphatic rings. The van der Waals surface area contributed by atoms with Gasteiger partial charge in [0.25, 0.3) is 0 Å². The largest absolute Gasteiger partial charge is 0.392 e. The first-order chi connectivity index (χ1) is 10.00. The van der Waals surface area contributed by atoms with Crippen molar-refractivity contribution in [1.82, 2.24) is 5.32 Å². The maximum atomic E-state index is 12.6. The average molecular weight is 285 g/mol. The van der Waals surface area contributed by atoms with Crippen LogP contribution in [0.5, 0.6) is 0 Å². The molecule has 5 unspecified atom stereocenters. The normalized spacial score (nSPS) is 38.7. The first kappa shape index (κ1) is 13.3. The van der Waals surface area contributed by atoms with Gasteiger partial charge in [-0.2, -0.15) is 0 Å². The van der Waals surface area contributed by atoms with Gasteiger partial charge in [0.1, 0.15) is 0 Å². The van der Waals surface area contributed by atoms with E-state index in [1.807, 2.05) is 13.8 Å². The summed E-state index contributed by atoms with van der Waals surface area (Å²) in [5, 5.41) is 13.0. The highest BCUT2D eigenvalue weighted by Gasteiger charge is 2.58. The Morgan fingerprint density at radius 1 is 1.33 bits per heavy atom. The molecule has 0 bridgehead atoms. The lowest BCUT2D eigenvalue weighted by Crippen LogP contribution is -2.61. The van der Waals surface area contributed by atoms with Gasteiger partial charge in [0.15, 0.2) is 0 Å². The molecule has 2 fully saturated rings. The van der Waals surface area contributed by atoms with Crippen LogP contribution in [0, 0.1) is 17.3 Å². The van der Waals surface area contributed by atoms with Gasteiger partial charge in [-0.3, -0.25) is 4.79 Å². The molecule has 0 spiro atoms. The zero-order chi connectivity index (χ0) is 14.8. The molecule has 1 aromatic carbocycles. The molecule has 0 aromatic heterocycles. The third-order valence-corrected chi connectivity index (χ3v) is 6.16. The number of aryl methyl sites for hydroxylation is 1. The van der Waals surface area contributed by atoms with Crippen molar-refractivity contribution in [3.8, 4) is 0 Å². The van der Waals surface area contributed by atoms with E-state index >= 15 is 0 Å². The summed E-state index contributed by atoms with van der Waals surface area (Å²) in [6.07, 6.45) is 2.65. The van der Waals surface area contributed by atoms with Crippen LogP contribution in [0.25, 0.3) is 0 Å². The van der Waals surface area contributed by atoms with E-state index in [2.05, 4.69) is 29.6 Å². The number of carbonyl (C=O) groups excluding carboxylic acids is 1. The molecule has 4 rings (SSSR count). The SMILES string of the molecule is CC1(C)C(O)CC1NC(=O)C1C2CCc3ccccc3C21. The van der Waals surface area contributed by atoms with Crippen molar-refractivity contribution in [3.05, 3.63) is 35.4 Å². The molecular weight excluding hydrogens is 262 g/mol. The monoisotopic (exact) mass is 285 g/mol. The third-order valence-electron chi connectivity index (χ3n) is 6.16. The molecule has 0 saturated heterocycles. The molecule has 2 saturated carbocycles. The third kappa shape index (κ3) is 1.87. The first-order valence-electron chi connectivity index (χ1n) is 8.06. The second-order valence-electron chi connectivity index (χ2n) is 7.59. The summed E-state index contributed by atoms with van der Waals surface area (Å²) in [5.74, 6) is 1.32. The van der Waals surface area contributed by atoms with E-state index in [1.165, 1.54) is 11.1 Å². The minimum Gasteiger partial charge on any atom is -0.392 e. The highest BCUT2D eigenvalue weighted by atomic mass is 16.3. The zero-order valence-electron chi connectivity index (χ0n) is 12.7. The Balaban J connectivity index is 1.47. The molecule has 3 aliphatic carbocycles. The van der Waals surface area contributed by atoms with Gasteiger partial charge in [0, 0.05) is 17.4 Å². The van der Waals surface area contributed by atoms with Crippen LogP contribution in [-0.4, -0.2) is 23.2 Å². The van der Waals surface area contributed by atoms with Crippen LogP contribution in [-0.2, 0) is 11.2 Å². The van der Waals surface area contributed by atoms with Gasteiger partial charge in [-0.05, 0) is 42.2 Å². The molecule has 3 heteroatoms. The Labute approximate surface area is 125 Å². The predicted octanol–water partition coefficient (Wildman–Crippen LogP) is 2.24. The van der Waals surface area contributed by atoms with Gasteiger partial charge in [-0.15, -0.1) is 0 Å². The molecule has 21 heavy (non-hydrogen) atoms. The van der Waals surface area contributed by atoms with Gasteiger partial charge in [0.2, 0.25) is 5.91 Å². The van der Waals surface area contributed by atoms with E-state index < -0.39 is 0 Å². The Kier molecular flexibility index (Phi) is 2.74. The van der Waals surface area contributed by atoms with Crippen LogP contribution < -0.4 is 5.32 Å². The number of amides is 1. The maximum Gasteiger partial charge on any atom is 0.224 e. The fourth-order valence-corrected chi connectivity index (χ4v) is 4.34. The molecule has 0 aliphatic heterocycles. The molecule has 1 amide bonds. The number of aliphatic hydroxyl groups excluding tert-OH is 1. The number of aliphatic hydroxyl groups is 1. The number of fused-ring (bicyclic) bond motifs is 3. The Bertz CT molecular complexity index is 595. The summed E-state index contributed by atoms with van der Waals surface area (Å²) in [7, 11) is 0. The second kappa shape index (κ2) is 4.33. The first-order valence-corrected chi connectivity index (χ1v) is 8.06. The molecule has 5 atom stereocenters. The van der Waals surface area contributed by atoms with Crippen molar-refractivity contribution in [1.29, 1.82) is 0 Å². The van der Waals surface area contributed by atoms with Gasteiger partial charge in [-0.1, -0.05) is 38.1 Å². The van der Waals surface area contributed by atoms with Crippen LogP contribution in [0.2, 0.25) is 0 Å². The summed E-state index contributed by atoms with van der Waals surface area (Å²) in [4.78, 5) is 12.6. The second-order valence-corrected chi connectivity index (χ2v) is 7.59. The van der Waals surface area contributed by atoms with Crippen molar-refractivity contribution >= 4 is 5.91 Å². The van der Waals surface area contributed by atoms with E-state index in [9.17, 15) is 9.90 Å². The van der Waals surface area contributed by atoms with E-state index in [0.29, 0.717) is 18.3 Å². The minimum atomic E-state index is -0.287. The molecule has 0 radical (unpaired) electrons. The van der Waals surface area contributed by atoms with Crippen molar-refractivity contribution in [2.75, 3.05) is 0 Å². The predicted molar refractivity (Wildman–Crippen MR) is 80.8 cm³/mol. The highest BCUT2D eigenvalue weighted by molar-refractivity contribution is 5.84. The lowest BCUT2D eigenvalue weighted by Gasteiger charge is -2.49. The van der Waals surface area contributed by atoms with Crippen LogP contribution in [0.15, 0.2) is 24.3 Å². The summed E-state index contributed by atoms with van der Waals surface area (Å²) < 4.78 is 0. The van der Waals surface area contributed by atoms with E-state index in [4.69, 9.17) is 0 Å². The van der Waals surface area contributed by atoms with Gasteiger partial charge in [-0.25, -0.2) is 0 Å². The van der Waals surface area contributed by atoms with Crippen LogP contribution in [0.1, 0.15) is 43.7 Å². The molecule has 112 valence electrons. The van der Waals surface area contributed by atoms with E-state index in [0.717, 1.165) is 12.8 Å². The van der Waals surface area contributed by atoms with Gasteiger partial charge < -0.3 is 10.4 Å². The Morgan fingerprint density at radius 2 is 2.10 bits per heavy atom. The maximum absolute atomic E-state index is 12.6. The molecule has 1 aromatic rings. The number of nitrogens with one attached hydrogen (secondary N) is 1. The summed E-state index contributed by atoms with van der Waals surface area (Å²) in [5.41, 5.74) is 2.63. The number of hydrogen-bond acceptors (Lipinski definition) is 2. The summed E-state index contributed by atoms with van der Waals surface area (Å²) in [6.45, 7) is 4.06. The number of rotatable bonds is 2. The fourth-order valence-electron chi connectivity index (χ4n) is 4.34. The molecule has 2 N–H and O–H groups in total. The quantitative estimate of drug-likeness (QED) is 0.875. The molecule has 0 heterocycles. The average Bonchev–Trinajstić information content (AvgIpc) is 3.22. The molecular formula is C18H23NO2. The number of benzene rings is 1. The smallest absolute Gasteiger partial charge is 0.224 e. The summed E-state index contributed by atoms with van der Waals surface area (Å²) >= 11 is 0. The lowest BCUT2D eigenvalue weighted by molar-refractivity contribution is -0.130. The lowest BCUT2D eigenvalue weighted by atomic mass is 9.64. The molecule has 3 nitrogen and oxygen atoms in total. The number of hydrogen-bond donors (Lipinski definition) is 2. The Morgan fingerprint density at radius 3 is 2.81 bits per heavy atom. The van der Waals surface area contributed by atoms with Crippen LogP contribution in [0.4, 0.5) is 0 Å². The van der Waals surface area contributed by atoms with Crippen molar-refractivity contribution in [2.24, 2.45) is 17.3 Å². The highest BCUT2D eigenvalue weighted by Crippen LogP contribution is 2.60. The van der Waals surface area contributed by atoms with Crippen molar-refractivity contribution in [3.63, 3.8) is 0 Å². The van der Waals surface area contributed by atoms with E-state index in [-0.39, 0.29) is 29.4 Å². The van der Waals surface area contributed by atoms with Gasteiger partial charge in [0.05, 0.1) is 6.10 Å². The summed E-state index contributed by atoms with van der Waals surface area (Å²) in [6, 6.07) is 8.69. The zero-order valence-corrected chi connectivity index (χ0v) is 12.7. The van der Waals surface area contributed by atoms with Gasteiger partial charge >= 0.3 is 0 Å². The minimum absolute atomic E-state index is 0.123. The number of carbonyl (C=O) groups is 1. The van der Waals surface area contributed by atoms with Crippen LogP contribution in [0.3, 0.4) is 0 Å². The fraction of sp³-hybridized carbons (Fsp3) is 0.611. The van der Waals surface area contributed by atoms with Crippen molar-refractivity contribution < 1.29 is 9.90 Å². The standard InChI is InChI=1S/C18H23NO2/c1-18(2)13(9-14(18)20)19-17(21)16-12-8-7-10-5-3-4-6-11(10)15(12)16/h3-6,12-16,20H,7-9H2,1-2H3,(H,19,21). The van der Waals surface area contributed by atoms with Crippen molar-refractivity contribution in [2.45, 2.75) is 51.2 Å². The topological polar surface area (TPSA) is 49.3 Å². The van der Waals surface area contributed by atoms with E-state index in [1.54, 1.807) is 0 Å². The Hall–Kier alpha value is -1.35. The van der Waals surface area contributed by atoms with Crippen LogP contribution >= 0.6 is 0 Å².